The third-order valence-corrected chi connectivity index (χ3v) is 3.57. The summed E-state index contributed by atoms with van der Waals surface area (Å²) in [7, 11) is 0. The van der Waals surface area contributed by atoms with Gasteiger partial charge in [0.25, 0.3) is 0 Å². The molecular weight excluding hydrogens is 316 g/mol. The molecule has 0 rings (SSSR count). The lowest BCUT2D eigenvalue weighted by molar-refractivity contribution is -0.138. The van der Waals surface area contributed by atoms with Crippen LogP contribution >= 0.6 is 0 Å². The van der Waals surface area contributed by atoms with Crippen molar-refractivity contribution in [2.45, 2.75) is 84.5 Å². The largest absolute Gasteiger partial charge is 0.463 e. The highest BCUT2D eigenvalue weighted by Gasteiger charge is 1.95. The van der Waals surface area contributed by atoms with E-state index in [-0.39, 0.29) is 11.9 Å². The van der Waals surface area contributed by atoms with Gasteiger partial charge in [-0.25, -0.2) is 9.59 Å². The van der Waals surface area contributed by atoms with E-state index in [0.717, 1.165) is 25.7 Å². The first-order valence-electron chi connectivity index (χ1n) is 9.70. The summed E-state index contributed by atoms with van der Waals surface area (Å²) in [4.78, 5) is 21.2. The lowest BCUT2D eigenvalue weighted by atomic mass is 10.1. The number of unbranched alkanes of at least 4 members (excludes halogenated alkanes) is 9. The van der Waals surface area contributed by atoms with Gasteiger partial charge in [-0.15, -0.1) is 0 Å². The Morgan fingerprint density at radius 2 is 0.960 bits per heavy atom. The average molecular weight is 355 g/mol. The van der Waals surface area contributed by atoms with Crippen molar-refractivity contribution >= 4 is 11.9 Å². The third-order valence-electron chi connectivity index (χ3n) is 3.57. The maximum absolute atomic E-state index is 10.6. The van der Waals surface area contributed by atoms with E-state index in [1.807, 2.05) is 0 Å². The molecule has 25 heavy (non-hydrogen) atoms. The summed E-state index contributed by atoms with van der Waals surface area (Å²) in [5.74, 6) is -0.626. The van der Waals surface area contributed by atoms with Crippen LogP contribution in [0.2, 0.25) is 0 Å². The third kappa shape index (κ3) is 24.8. The molecule has 0 aliphatic rings. The van der Waals surface area contributed by atoms with E-state index >= 15 is 0 Å². The standard InChI is InChI=1S/C11H20O2.C10H18O2/c1-3-5-6-7-8-9-10-13-11(12)4-2;1-3-5-6-7-8-9-12-10(11)4-2/h4H,2-3,5-10H2,1H3;4H,2-3,5-9H2,1H3. The molecule has 146 valence electrons. The van der Waals surface area contributed by atoms with Gasteiger partial charge < -0.3 is 9.47 Å². The average Bonchev–Trinajstić information content (AvgIpc) is 2.63. The number of carbonyl (C=O) groups excluding carboxylic acids is 2. The zero-order valence-corrected chi connectivity index (χ0v) is 16.4. The number of ether oxygens (including phenoxy) is 2. The molecule has 0 atom stereocenters. The molecule has 0 saturated carbocycles. The molecule has 0 aromatic heterocycles. The minimum atomic E-state index is -0.314. The Bertz CT molecular complexity index is 337. The summed E-state index contributed by atoms with van der Waals surface area (Å²) in [6, 6.07) is 0. The van der Waals surface area contributed by atoms with E-state index in [1.165, 1.54) is 57.1 Å². The normalized spacial score (nSPS) is 9.52. The second-order valence-electron chi connectivity index (χ2n) is 5.93. The van der Waals surface area contributed by atoms with E-state index < -0.39 is 0 Å². The molecule has 4 heteroatoms. The van der Waals surface area contributed by atoms with Gasteiger partial charge in [0.05, 0.1) is 13.2 Å². The Labute approximate surface area is 154 Å². The number of rotatable bonds is 15. The van der Waals surface area contributed by atoms with Crippen molar-refractivity contribution in [3.8, 4) is 0 Å². The second kappa shape index (κ2) is 22.4. The van der Waals surface area contributed by atoms with Crippen molar-refractivity contribution in [3.05, 3.63) is 25.3 Å². The van der Waals surface area contributed by atoms with Crippen LogP contribution in [0.3, 0.4) is 0 Å². The molecule has 0 spiro atoms. The predicted octanol–water partition coefficient (Wildman–Crippen LogP) is 5.76. The zero-order valence-electron chi connectivity index (χ0n) is 16.4. The molecule has 0 unspecified atom stereocenters. The van der Waals surface area contributed by atoms with Crippen molar-refractivity contribution in [1.82, 2.24) is 0 Å². The van der Waals surface area contributed by atoms with E-state index in [4.69, 9.17) is 9.47 Å². The quantitative estimate of drug-likeness (QED) is 0.213. The van der Waals surface area contributed by atoms with E-state index in [1.54, 1.807) is 0 Å². The lowest BCUT2D eigenvalue weighted by Crippen LogP contribution is -2.01. The Morgan fingerprint density at radius 1 is 0.640 bits per heavy atom. The highest BCUT2D eigenvalue weighted by molar-refractivity contribution is 5.81. The maximum Gasteiger partial charge on any atom is 0.330 e. The predicted molar refractivity (Wildman–Crippen MR) is 104 cm³/mol. The summed E-state index contributed by atoms with van der Waals surface area (Å²) in [6.45, 7) is 12.1. The van der Waals surface area contributed by atoms with Crippen molar-refractivity contribution in [3.63, 3.8) is 0 Å². The number of hydrogen-bond acceptors (Lipinski definition) is 4. The minimum Gasteiger partial charge on any atom is -0.463 e. The first kappa shape index (κ1) is 25.7. The van der Waals surface area contributed by atoms with Crippen molar-refractivity contribution in [1.29, 1.82) is 0 Å². The fourth-order valence-corrected chi connectivity index (χ4v) is 2.05. The molecule has 0 aliphatic heterocycles. The Kier molecular flexibility index (Phi) is 23.0. The monoisotopic (exact) mass is 354 g/mol. The van der Waals surface area contributed by atoms with Gasteiger partial charge >= 0.3 is 11.9 Å². The van der Waals surface area contributed by atoms with Crippen LogP contribution in [0.25, 0.3) is 0 Å². The van der Waals surface area contributed by atoms with Crippen LogP contribution in [0.5, 0.6) is 0 Å². The number of carbonyl (C=O) groups is 2. The summed E-state index contributed by atoms with van der Waals surface area (Å²) < 4.78 is 9.66. The maximum atomic E-state index is 10.6. The van der Waals surface area contributed by atoms with Gasteiger partial charge in [-0.05, 0) is 12.8 Å². The SMILES string of the molecule is C=CC(=O)OCCCCCCC.C=CC(=O)OCCCCCCCC. The summed E-state index contributed by atoms with van der Waals surface area (Å²) in [6.07, 6.45) is 15.5. The molecule has 0 aliphatic carbocycles. The molecule has 0 radical (unpaired) electrons. The van der Waals surface area contributed by atoms with E-state index in [0.29, 0.717) is 13.2 Å². The summed E-state index contributed by atoms with van der Waals surface area (Å²) >= 11 is 0. The molecule has 0 amide bonds. The van der Waals surface area contributed by atoms with Gasteiger partial charge in [0, 0.05) is 12.2 Å². The molecule has 0 aromatic carbocycles. The van der Waals surface area contributed by atoms with E-state index in [2.05, 4.69) is 27.0 Å². The van der Waals surface area contributed by atoms with Gasteiger partial charge in [0.1, 0.15) is 0 Å². The molecule has 0 fully saturated rings. The fourth-order valence-electron chi connectivity index (χ4n) is 2.05. The Hall–Kier alpha value is -1.58. The van der Waals surface area contributed by atoms with Crippen LogP contribution in [-0.2, 0) is 19.1 Å². The smallest absolute Gasteiger partial charge is 0.330 e. The second-order valence-corrected chi connectivity index (χ2v) is 5.93. The van der Waals surface area contributed by atoms with Crippen molar-refractivity contribution in [2.75, 3.05) is 13.2 Å². The van der Waals surface area contributed by atoms with Crippen LogP contribution in [0, 0.1) is 0 Å². The molecule has 0 N–H and O–H groups in total. The highest BCUT2D eigenvalue weighted by atomic mass is 16.5. The van der Waals surface area contributed by atoms with Crippen molar-refractivity contribution < 1.29 is 19.1 Å². The van der Waals surface area contributed by atoms with Crippen LogP contribution in [-0.4, -0.2) is 25.2 Å². The van der Waals surface area contributed by atoms with Crippen LogP contribution in [0.4, 0.5) is 0 Å². The molecule has 0 bridgehead atoms. The van der Waals surface area contributed by atoms with Gasteiger partial charge in [0.2, 0.25) is 0 Å². The molecular formula is C21H38O4. The molecule has 4 nitrogen and oxygen atoms in total. The van der Waals surface area contributed by atoms with Gasteiger partial charge in [-0.2, -0.15) is 0 Å². The first-order valence-corrected chi connectivity index (χ1v) is 9.70. The molecule has 0 saturated heterocycles. The Morgan fingerprint density at radius 3 is 1.28 bits per heavy atom. The van der Waals surface area contributed by atoms with Crippen LogP contribution < -0.4 is 0 Å². The topological polar surface area (TPSA) is 52.6 Å². The lowest BCUT2D eigenvalue weighted by Gasteiger charge is -2.01. The van der Waals surface area contributed by atoms with Gasteiger partial charge in [-0.1, -0.05) is 84.8 Å². The van der Waals surface area contributed by atoms with Crippen LogP contribution in [0.15, 0.2) is 25.3 Å². The zero-order chi connectivity index (χ0) is 19.2. The van der Waals surface area contributed by atoms with Gasteiger partial charge in [0.15, 0.2) is 0 Å². The summed E-state index contributed by atoms with van der Waals surface area (Å²) in [5.41, 5.74) is 0. The van der Waals surface area contributed by atoms with Gasteiger partial charge in [-0.3, -0.25) is 0 Å². The first-order chi connectivity index (χ1) is 12.1. The Balaban J connectivity index is 0. The fraction of sp³-hybridized carbons (Fsp3) is 0.714. The molecule has 0 aromatic rings. The van der Waals surface area contributed by atoms with E-state index in [9.17, 15) is 9.59 Å². The molecule has 0 heterocycles. The van der Waals surface area contributed by atoms with Crippen LogP contribution in [0.1, 0.15) is 84.5 Å². The summed E-state index contributed by atoms with van der Waals surface area (Å²) in [5, 5.41) is 0. The highest BCUT2D eigenvalue weighted by Crippen LogP contribution is 2.05. The number of esters is 2. The minimum absolute atomic E-state index is 0.312. The number of hydrogen-bond donors (Lipinski definition) is 0. The van der Waals surface area contributed by atoms with Crippen molar-refractivity contribution in [2.24, 2.45) is 0 Å².